The van der Waals surface area contributed by atoms with Crippen molar-refractivity contribution in [2.75, 3.05) is 19.6 Å². The van der Waals surface area contributed by atoms with Crippen LogP contribution in [0.25, 0.3) is 0 Å². The Bertz CT molecular complexity index is 553. The highest BCUT2D eigenvalue weighted by molar-refractivity contribution is 5.69. The van der Waals surface area contributed by atoms with E-state index >= 15 is 0 Å². The summed E-state index contributed by atoms with van der Waals surface area (Å²) in [6, 6.07) is -0.529. The molecule has 0 saturated carbocycles. The number of nitrogens with zero attached hydrogens (tertiary/aromatic N) is 2. The van der Waals surface area contributed by atoms with Crippen LogP contribution in [0.1, 0.15) is 54.4 Å². The van der Waals surface area contributed by atoms with Gasteiger partial charge in [-0.1, -0.05) is 0 Å². The predicted molar refractivity (Wildman–Crippen MR) is 99.3 cm³/mol. The minimum absolute atomic E-state index is 0.138. The number of amides is 2. The van der Waals surface area contributed by atoms with Gasteiger partial charge in [0.15, 0.2) is 0 Å². The number of carbonyl (C=O) groups excluding carboxylic acids is 2. The fourth-order valence-electron chi connectivity index (χ4n) is 3.57. The molecule has 0 aromatic heterocycles. The number of likely N-dealkylation sites (tertiary alicyclic amines) is 2. The maximum absolute atomic E-state index is 12.5. The van der Waals surface area contributed by atoms with E-state index in [1.54, 1.807) is 25.7 Å². The van der Waals surface area contributed by atoms with Crippen LogP contribution in [0.4, 0.5) is 9.59 Å². The number of hydrogen-bond donors (Lipinski definition) is 2. The zero-order valence-electron chi connectivity index (χ0n) is 17.3. The summed E-state index contributed by atoms with van der Waals surface area (Å²) in [6.45, 7) is 11.8. The maximum atomic E-state index is 12.5. The third-order valence-corrected chi connectivity index (χ3v) is 4.70. The van der Waals surface area contributed by atoms with Crippen LogP contribution in [0.3, 0.4) is 0 Å². The third-order valence-electron chi connectivity index (χ3n) is 4.70. The van der Waals surface area contributed by atoms with E-state index < -0.39 is 41.6 Å². The zero-order valence-corrected chi connectivity index (χ0v) is 17.3. The lowest BCUT2D eigenvalue weighted by molar-refractivity contribution is -0.00802. The lowest BCUT2D eigenvalue weighted by Crippen LogP contribution is -2.48. The molecule has 2 N–H and O–H groups in total. The molecule has 8 heteroatoms. The fraction of sp³-hybridized carbons (Fsp3) is 0.895. The summed E-state index contributed by atoms with van der Waals surface area (Å²) in [6.07, 6.45) is -1.56. The highest BCUT2D eigenvalue weighted by Crippen LogP contribution is 2.31. The van der Waals surface area contributed by atoms with Crippen LogP contribution < -0.4 is 0 Å². The van der Waals surface area contributed by atoms with E-state index in [2.05, 4.69) is 0 Å². The van der Waals surface area contributed by atoms with Gasteiger partial charge in [0.05, 0.1) is 24.8 Å². The van der Waals surface area contributed by atoms with Gasteiger partial charge in [0, 0.05) is 19.0 Å². The molecule has 0 unspecified atom stereocenters. The minimum Gasteiger partial charge on any atom is -0.444 e. The van der Waals surface area contributed by atoms with E-state index in [9.17, 15) is 19.8 Å². The molecule has 8 nitrogen and oxygen atoms in total. The average molecular weight is 386 g/mol. The second-order valence-electron chi connectivity index (χ2n) is 9.56. The van der Waals surface area contributed by atoms with Gasteiger partial charge in [0.25, 0.3) is 0 Å². The molecule has 2 rings (SSSR count). The van der Waals surface area contributed by atoms with Crippen LogP contribution in [0, 0.1) is 5.92 Å². The molecule has 2 fully saturated rings. The van der Waals surface area contributed by atoms with Gasteiger partial charge in [-0.05, 0) is 54.4 Å². The first-order valence-electron chi connectivity index (χ1n) is 9.60. The monoisotopic (exact) mass is 386 g/mol. The van der Waals surface area contributed by atoms with Crippen molar-refractivity contribution in [3.05, 3.63) is 0 Å². The molecule has 2 heterocycles. The quantitative estimate of drug-likeness (QED) is 0.753. The Kier molecular flexibility index (Phi) is 6.31. The number of carbonyl (C=O) groups is 2. The van der Waals surface area contributed by atoms with Crippen molar-refractivity contribution < 1.29 is 29.3 Å². The van der Waals surface area contributed by atoms with E-state index in [0.717, 1.165) is 0 Å². The summed E-state index contributed by atoms with van der Waals surface area (Å²) in [5.41, 5.74) is -1.22. The number of aliphatic hydroxyl groups excluding tert-OH is 2. The zero-order chi connectivity index (χ0) is 20.6. The molecule has 2 aliphatic heterocycles. The van der Waals surface area contributed by atoms with Crippen LogP contribution in [-0.4, -0.2) is 81.3 Å². The topological polar surface area (TPSA) is 99.5 Å². The molecule has 156 valence electrons. The minimum atomic E-state index is -0.845. The first-order valence-corrected chi connectivity index (χ1v) is 9.60. The van der Waals surface area contributed by atoms with Crippen molar-refractivity contribution >= 4 is 12.2 Å². The molecule has 0 radical (unpaired) electrons. The van der Waals surface area contributed by atoms with E-state index in [0.29, 0.717) is 25.9 Å². The van der Waals surface area contributed by atoms with E-state index in [4.69, 9.17) is 9.47 Å². The van der Waals surface area contributed by atoms with Crippen LogP contribution in [0.2, 0.25) is 0 Å². The van der Waals surface area contributed by atoms with Gasteiger partial charge in [-0.3, -0.25) is 4.90 Å². The van der Waals surface area contributed by atoms with Gasteiger partial charge < -0.3 is 24.6 Å². The molecule has 4 atom stereocenters. The number of aliphatic hydroxyl groups is 2. The highest BCUT2D eigenvalue weighted by atomic mass is 16.6. The van der Waals surface area contributed by atoms with E-state index in [-0.39, 0.29) is 12.5 Å². The molecular formula is C19H34N2O6. The molecule has 0 bridgehead atoms. The number of rotatable bonds is 2. The lowest BCUT2D eigenvalue weighted by atomic mass is 9.93. The normalized spacial score (nSPS) is 27.6. The van der Waals surface area contributed by atoms with Gasteiger partial charge in [0.2, 0.25) is 0 Å². The Labute approximate surface area is 161 Å². The SMILES string of the molecule is CC(C)(C)OC(=O)N1CC[C@@H]([C@@H](O)[C@@H]2C[C@@H](O)CN2C(=O)OC(C)(C)C)C1. The second-order valence-corrected chi connectivity index (χ2v) is 9.56. The summed E-state index contributed by atoms with van der Waals surface area (Å²) >= 11 is 0. The average Bonchev–Trinajstić information content (AvgIpc) is 3.09. The van der Waals surface area contributed by atoms with Crippen molar-refractivity contribution in [2.24, 2.45) is 5.92 Å². The summed E-state index contributed by atoms with van der Waals surface area (Å²) < 4.78 is 10.8. The predicted octanol–water partition coefficient (Wildman–Crippen LogP) is 1.97. The van der Waals surface area contributed by atoms with Gasteiger partial charge >= 0.3 is 12.2 Å². The van der Waals surface area contributed by atoms with Crippen molar-refractivity contribution in [3.8, 4) is 0 Å². The first-order chi connectivity index (χ1) is 12.3. The lowest BCUT2D eigenvalue weighted by Gasteiger charge is -2.33. The summed E-state index contributed by atoms with van der Waals surface area (Å²) in [4.78, 5) is 27.7. The molecule has 0 aliphatic carbocycles. The maximum Gasteiger partial charge on any atom is 0.410 e. The highest BCUT2D eigenvalue weighted by Gasteiger charge is 2.45. The Morgan fingerprint density at radius 1 is 1.00 bits per heavy atom. The Hall–Kier alpha value is -1.54. The summed E-state index contributed by atoms with van der Waals surface area (Å²) in [5, 5.41) is 20.9. The molecule has 27 heavy (non-hydrogen) atoms. The smallest absolute Gasteiger partial charge is 0.410 e. The van der Waals surface area contributed by atoms with Crippen LogP contribution in [-0.2, 0) is 9.47 Å². The van der Waals surface area contributed by atoms with Crippen LogP contribution >= 0.6 is 0 Å². The first kappa shape index (κ1) is 21.8. The number of ether oxygens (including phenoxy) is 2. The third kappa shape index (κ3) is 5.97. The second kappa shape index (κ2) is 7.83. The summed E-state index contributed by atoms with van der Waals surface area (Å²) in [5.74, 6) is -0.183. The number of hydrogen-bond acceptors (Lipinski definition) is 6. The van der Waals surface area contributed by atoms with Crippen molar-refractivity contribution in [1.29, 1.82) is 0 Å². The molecule has 2 aliphatic rings. The van der Waals surface area contributed by atoms with Gasteiger partial charge in [-0.15, -0.1) is 0 Å². The molecule has 0 aromatic carbocycles. The van der Waals surface area contributed by atoms with Crippen molar-refractivity contribution in [1.82, 2.24) is 9.80 Å². The van der Waals surface area contributed by atoms with E-state index in [1.807, 2.05) is 20.8 Å². The fourth-order valence-corrected chi connectivity index (χ4v) is 3.57. The summed E-state index contributed by atoms with van der Waals surface area (Å²) in [7, 11) is 0. The van der Waals surface area contributed by atoms with Crippen LogP contribution in [0.5, 0.6) is 0 Å². The Balaban J connectivity index is 2.00. The van der Waals surface area contributed by atoms with Crippen LogP contribution in [0.15, 0.2) is 0 Å². The molecule has 0 aromatic rings. The molecule has 0 spiro atoms. The Morgan fingerprint density at radius 2 is 1.56 bits per heavy atom. The molecular weight excluding hydrogens is 352 g/mol. The largest absolute Gasteiger partial charge is 0.444 e. The van der Waals surface area contributed by atoms with E-state index in [1.165, 1.54) is 4.90 Å². The standard InChI is InChI=1S/C19H34N2O6/c1-18(2,3)26-16(24)20-8-7-12(10-20)15(23)14-9-13(22)11-21(14)17(25)27-19(4,5)6/h12-15,22-23H,7-11H2,1-6H3/t12-,13-,14+,15-/m1/s1. The molecule has 2 saturated heterocycles. The van der Waals surface area contributed by atoms with Gasteiger partial charge in [0.1, 0.15) is 11.2 Å². The number of β-amino-alcohol motifs (C(OH)–C–C–N with tert-alkyl or cyclic N) is 1. The van der Waals surface area contributed by atoms with Gasteiger partial charge in [-0.2, -0.15) is 0 Å². The van der Waals surface area contributed by atoms with Gasteiger partial charge in [-0.25, -0.2) is 9.59 Å². The molecule has 2 amide bonds. The Morgan fingerprint density at radius 3 is 2.11 bits per heavy atom. The van der Waals surface area contributed by atoms with Crippen molar-refractivity contribution in [2.45, 2.75) is 83.8 Å². The van der Waals surface area contributed by atoms with Crippen molar-refractivity contribution in [3.63, 3.8) is 0 Å².